The number of aryl methyl sites for hydroxylation is 1. The smallest absolute Gasteiger partial charge is 0.324 e. The van der Waals surface area contributed by atoms with Crippen molar-refractivity contribution < 1.29 is 14.4 Å². The molecule has 1 saturated heterocycles. The molecule has 1 aliphatic heterocycles. The predicted molar refractivity (Wildman–Crippen MR) is 102 cm³/mol. The second-order valence-corrected chi connectivity index (χ2v) is 7.41. The van der Waals surface area contributed by atoms with Gasteiger partial charge >= 0.3 is 6.03 Å². The summed E-state index contributed by atoms with van der Waals surface area (Å²) in [7, 11) is 0. The number of imide groups is 1. The lowest BCUT2D eigenvalue weighted by Gasteiger charge is -2.21. The number of carbonyl (C=O) groups is 3. The summed E-state index contributed by atoms with van der Waals surface area (Å²) in [5, 5.41) is 5.94. The average molecular weight is 380 g/mol. The molecule has 7 heteroatoms. The number of carbonyl (C=O) groups excluding carboxylic acids is 3. The summed E-state index contributed by atoms with van der Waals surface area (Å²) in [5.74, 6) is -0.786. The summed E-state index contributed by atoms with van der Waals surface area (Å²) >= 11 is 5.95. The van der Waals surface area contributed by atoms with Gasteiger partial charge in [0.2, 0.25) is 5.91 Å². The maximum absolute atomic E-state index is 12.7. The Labute approximate surface area is 159 Å². The van der Waals surface area contributed by atoms with Crippen LogP contribution in [0.1, 0.15) is 51.5 Å². The van der Waals surface area contributed by atoms with Gasteiger partial charge in [0.15, 0.2) is 0 Å². The molecule has 0 radical (unpaired) electrons. The first-order valence-corrected chi connectivity index (χ1v) is 9.35. The quantitative estimate of drug-likeness (QED) is 0.531. The van der Waals surface area contributed by atoms with Crippen LogP contribution in [-0.4, -0.2) is 34.8 Å². The van der Waals surface area contributed by atoms with E-state index in [1.165, 1.54) is 0 Å². The Balaban J connectivity index is 1.98. The van der Waals surface area contributed by atoms with Gasteiger partial charge in [-0.3, -0.25) is 14.5 Å². The Bertz CT molecular complexity index is 707. The lowest BCUT2D eigenvalue weighted by molar-refractivity contribution is -0.133. The normalized spacial score (nSPS) is 19.6. The molecule has 6 nitrogen and oxygen atoms in total. The fourth-order valence-electron chi connectivity index (χ4n) is 3.03. The van der Waals surface area contributed by atoms with Crippen LogP contribution >= 0.6 is 11.6 Å². The maximum Gasteiger partial charge on any atom is 0.325 e. The van der Waals surface area contributed by atoms with Crippen LogP contribution in [0.2, 0.25) is 5.02 Å². The van der Waals surface area contributed by atoms with Gasteiger partial charge in [0.1, 0.15) is 12.1 Å². The van der Waals surface area contributed by atoms with E-state index >= 15 is 0 Å². The van der Waals surface area contributed by atoms with E-state index < -0.39 is 17.5 Å². The summed E-state index contributed by atoms with van der Waals surface area (Å²) in [6.07, 6.45) is 4.65. The molecular formula is C19H26ClN3O3. The predicted octanol–water partition coefficient (Wildman–Crippen LogP) is 3.87. The van der Waals surface area contributed by atoms with Gasteiger partial charge in [0.25, 0.3) is 5.91 Å². The fourth-order valence-corrected chi connectivity index (χ4v) is 3.20. The van der Waals surface area contributed by atoms with Gasteiger partial charge in [-0.15, -0.1) is 0 Å². The number of rotatable bonds is 8. The van der Waals surface area contributed by atoms with Crippen molar-refractivity contribution in [1.82, 2.24) is 10.2 Å². The molecular weight excluding hydrogens is 354 g/mol. The van der Waals surface area contributed by atoms with Gasteiger partial charge in [-0.25, -0.2) is 4.79 Å². The number of halogens is 1. The van der Waals surface area contributed by atoms with Gasteiger partial charge in [0, 0.05) is 10.7 Å². The largest absolute Gasteiger partial charge is 0.325 e. The fraction of sp³-hybridized carbons (Fsp3) is 0.526. The van der Waals surface area contributed by atoms with Crippen molar-refractivity contribution in [3.8, 4) is 0 Å². The van der Waals surface area contributed by atoms with E-state index in [9.17, 15) is 14.4 Å². The number of anilines is 1. The molecule has 1 atom stereocenters. The number of nitrogens with one attached hydrogen (secondary N) is 2. The minimum atomic E-state index is -0.933. The molecule has 0 saturated carbocycles. The summed E-state index contributed by atoms with van der Waals surface area (Å²) in [6.45, 7) is 5.36. The van der Waals surface area contributed by atoms with Crippen molar-refractivity contribution in [3.63, 3.8) is 0 Å². The lowest BCUT2D eigenvalue weighted by atomic mass is 9.94. The number of amides is 4. The van der Waals surface area contributed by atoms with Gasteiger partial charge in [-0.05, 0) is 38.0 Å². The van der Waals surface area contributed by atoms with Crippen LogP contribution in [0.3, 0.4) is 0 Å². The van der Waals surface area contributed by atoms with E-state index in [0.29, 0.717) is 17.1 Å². The van der Waals surface area contributed by atoms with Crippen LogP contribution in [0, 0.1) is 6.92 Å². The van der Waals surface area contributed by atoms with Crippen molar-refractivity contribution in [3.05, 3.63) is 28.8 Å². The van der Waals surface area contributed by atoms with E-state index in [2.05, 4.69) is 17.6 Å². The molecule has 0 aromatic heterocycles. The standard InChI is InChI=1S/C19H26ClN3O3/c1-4-5-6-7-10-19(3)17(25)23(18(26)22-19)12-16(24)21-15-11-14(20)9-8-13(15)2/h8-9,11H,4-7,10,12H2,1-3H3,(H,21,24)(H,22,26). The third kappa shape index (κ3) is 4.75. The number of nitrogens with zero attached hydrogens (tertiary/aromatic N) is 1. The lowest BCUT2D eigenvalue weighted by Crippen LogP contribution is -2.44. The number of unbranched alkanes of at least 4 members (excludes halogenated alkanes) is 3. The Hall–Kier alpha value is -2.08. The zero-order valence-electron chi connectivity index (χ0n) is 15.5. The Kier molecular flexibility index (Phi) is 6.64. The minimum Gasteiger partial charge on any atom is -0.324 e. The molecule has 1 unspecified atom stereocenters. The van der Waals surface area contributed by atoms with Crippen molar-refractivity contribution >= 4 is 35.1 Å². The van der Waals surface area contributed by atoms with E-state index in [0.717, 1.165) is 36.1 Å². The van der Waals surface area contributed by atoms with Crippen LogP contribution in [0.4, 0.5) is 10.5 Å². The molecule has 0 spiro atoms. The second-order valence-electron chi connectivity index (χ2n) is 6.97. The first-order valence-electron chi connectivity index (χ1n) is 8.97. The number of benzene rings is 1. The molecule has 26 heavy (non-hydrogen) atoms. The molecule has 1 aliphatic rings. The van der Waals surface area contributed by atoms with E-state index in [-0.39, 0.29) is 12.5 Å². The Morgan fingerprint density at radius 3 is 2.69 bits per heavy atom. The van der Waals surface area contributed by atoms with E-state index in [1.54, 1.807) is 25.1 Å². The highest BCUT2D eigenvalue weighted by Crippen LogP contribution is 2.24. The van der Waals surface area contributed by atoms with E-state index in [1.807, 2.05) is 6.92 Å². The van der Waals surface area contributed by atoms with Crippen LogP contribution in [0.25, 0.3) is 0 Å². The molecule has 4 amide bonds. The number of hydrogen-bond acceptors (Lipinski definition) is 3. The first kappa shape index (κ1) is 20.2. The highest BCUT2D eigenvalue weighted by atomic mass is 35.5. The third-order valence-electron chi connectivity index (χ3n) is 4.65. The zero-order valence-corrected chi connectivity index (χ0v) is 16.3. The summed E-state index contributed by atoms with van der Waals surface area (Å²) in [6, 6.07) is 4.64. The molecule has 1 fully saturated rings. The van der Waals surface area contributed by atoms with Crippen LogP contribution in [0.5, 0.6) is 0 Å². The van der Waals surface area contributed by atoms with E-state index in [4.69, 9.17) is 11.6 Å². The molecule has 0 bridgehead atoms. The van der Waals surface area contributed by atoms with Gasteiger partial charge in [0.05, 0.1) is 0 Å². The number of urea groups is 1. The summed E-state index contributed by atoms with van der Waals surface area (Å²) < 4.78 is 0. The van der Waals surface area contributed by atoms with Gasteiger partial charge < -0.3 is 10.6 Å². The molecule has 1 heterocycles. The third-order valence-corrected chi connectivity index (χ3v) is 4.89. The molecule has 142 valence electrons. The first-order chi connectivity index (χ1) is 12.3. The van der Waals surface area contributed by atoms with Crippen LogP contribution in [0.15, 0.2) is 18.2 Å². The SMILES string of the molecule is CCCCCCC1(C)NC(=O)N(CC(=O)Nc2cc(Cl)ccc2C)C1=O. The summed E-state index contributed by atoms with van der Waals surface area (Å²) in [4.78, 5) is 38.1. The Morgan fingerprint density at radius 1 is 1.27 bits per heavy atom. The van der Waals surface area contributed by atoms with Crippen molar-refractivity contribution in [2.24, 2.45) is 0 Å². The van der Waals surface area contributed by atoms with Gasteiger partial charge in [-0.2, -0.15) is 0 Å². The molecule has 1 aromatic rings. The molecule has 1 aromatic carbocycles. The molecule has 0 aliphatic carbocycles. The number of hydrogen-bond donors (Lipinski definition) is 2. The van der Waals surface area contributed by atoms with Crippen LogP contribution < -0.4 is 10.6 Å². The van der Waals surface area contributed by atoms with Crippen LogP contribution in [-0.2, 0) is 9.59 Å². The second kappa shape index (κ2) is 8.54. The monoisotopic (exact) mass is 379 g/mol. The van der Waals surface area contributed by atoms with Crippen molar-refractivity contribution in [1.29, 1.82) is 0 Å². The highest BCUT2D eigenvalue weighted by molar-refractivity contribution is 6.31. The Morgan fingerprint density at radius 2 is 2.00 bits per heavy atom. The van der Waals surface area contributed by atoms with Crippen molar-refractivity contribution in [2.45, 2.75) is 58.4 Å². The maximum atomic E-state index is 12.7. The average Bonchev–Trinajstić information content (AvgIpc) is 2.79. The van der Waals surface area contributed by atoms with Crippen molar-refractivity contribution in [2.75, 3.05) is 11.9 Å². The summed E-state index contributed by atoms with van der Waals surface area (Å²) in [5.41, 5.74) is 0.481. The topological polar surface area (TPSA) is 78.5 Å². The molecule has 2 rings (SSSR count). The minimum absolute atomic E-state index is 0.318. The zero-order chi connectivity index (χ0) is 19.3. The van der Waals surface area contributed by atoms with Gasteiger partial charge in [-0.1, -0.05) is 50.3 Å². The molecule has 2 N–H and O–H groups in total. The highest BCUT2D eigenvalue weighted by Gasteiger charge is 2.47.